The maximum Gasteiger partial charge on any atom is 0.266 e. The number of rotatable bonds is 5. The molecule has 0 atom stereocenters. The third-order valence-electron chi connectivity index (χ3n) is 5.19. The van der Waals surface area contributed by atoms with Crippen LogP contribution in [0.15, 0.2) is 42.7 Å². The van der Waals surface area contributed by atoms with E-state index in [2.05, 4.69) is 4.98 Å². The minimum Gasteiger partial charge on any atom is -0.496 e. The fourth-order valence-corrected chi connectivity index (χ4v) is 4.15. The van der Waals surface area contributed by atoms with Crippen LogP contribution in [0.4, 0.5) is 4.39 Å². The van der Waals surface area contributed by atoms with E-state index in [9.17, 15) is 9.18 Å². The third kappa shape index (κ3) is 2.85. The maximum absolute atomic E-state index is 13.6. The van der Waals surface area contributed by atoms with Gasteiger partial charge in [0.25, 0.3) is 5.91 Å². The number of nitrogens with zero attached hydrogens (tertiary/aromatic N) is 2. The summed E-state index contributed by atoms with van der Waals surface area (Å²) in [4.78, 5) is 16.8. The molecule has 0 spiro atoms. The number of primary amides is 1. The standard InChI is InChI=1S/C22H22FN3O3/c1-22(2)18-17(13-6-4-5-7-15(13)28-3)20(21(24)27)26(11-9-23)19(18)14-8-10-25-12-16(14)29-22/h4-8,10,12H,9,11H2,1-3H3,(H2,24,27). The highest BCUT2D eigenvalue weighted by molar-refractivity contribution is 6.03. The van der Waals surface area contributed by atoms with Crippen LogP contribution in [0.3, 0.4) is 0 Å². The monoisotopic (exact) mass is 395 g/mol. The molecular formula is C22H22FN3O3. The topological polar surface area (TPSA) is 79.4 Å². The molecule has 1 aromatic carbocycles. The normalized spacial score (nSPS) is 13.9. The summed E-state index contributed by atoms with van der Waals surface area (Å²) in [7, 11) is 1.57. The van der Waals surface area contributed by atoms with Crippen LogP contribution in [-0.4, -0.2) is 29.2 Å². The lowest BCUT2D eigenvalue weighted by Crippen LogP contribution is -2.30. The molecule has 7 heteroatoms. The predicted octanol–water partition coefficient (Wildman–Crippen LogP) is 3.92. The molecule has 0 fully saturated rings. The molecule has 0 saturated carbocycles. The van der Waals surface area contributed by atoms with Crippen LogP contribution < -0.4 is 15.2 Å². The van der Waals surface area contributed by atoms with Gasteiger partial charge < -0.3 is 19.8 Å². The van der Waals surface area contributed by atoms with Crippen LogP contribution in [0.25, 0.3) is 22.4 Å². The predicted molar refractivity (Wildman–Crippen MR) is 108 cm³/mol. The average Bonchev–Trinajstić information content (AvgIpc) is 3.04. The third-order valence-corrected chi connectivity index (χ3v) is 5.19. The Bertz CT molecular complexity index is 1100. The van der Waals surface area contributed by atoms with E-state index in [0.717, 1.165) is 11.1 Å². The molecule has 150 valence electrons. The first-order chi connectivity index (χ1) is 13.9. The van der Waals surface area contributed by atoms with E-state index in [4.69, 9.17) is 15.2 Å². The number of hydrogen-bond acceptors (Lipinski definition) is 4. The SMILES string of the molecule is COc1ccccc1-c1c2c(n(CCF)c1C(N)=O)-c1ccncc1OC2(C)C. The molecule has 4 rings (SSSR count). The number of benzene rings is 1. The first-order valence-corrected chi connectivity index (χ1v) is 9.30. The number of pyridine rings is 1. The number of amides is 1. The van der Waals surface area contributed by atoms with Crippen LogP contribution in [0.1, 0.15) is 29.9 Å². The van der Waals surface area contributed by atoms with Crippen LogP contribution in [0, 0.1) is 0 Å². The molecule has 29 heavy (non-hydrogen) atoms. The zero-order valence-electron chi connectivity index (χ0n) is 16.5. The van der Waals surface area contributed by atoms with Gasteiger partial charge in [-0.25, -0.2) is 4.39 Å². The number of carbonyl (C=O) groups is 1. The second-order valence-electron chi connectivity index (χ2n) is 7.34. The van der Waals surface area contributed by atoms with Gasteiger partial charge in [0, 0.05) is 28.5 Å². The van der Waals surface area contributed by atoms with Crippen molar-refractivity contribution in [1.82, 2.24) is 9.55 Å². The number of methoxy groups -OCH3 is 1. The van der Waals surface area contributed by atoms with Crippen molar-refractivity contribution in [3.05, 3.63) is 54.0 Å². The lowest BCUT2D eigenvalue weighted by molar-refractivity contribution is 0.0992. The molecule has 0 aliphatic carbocycles. The molecule has 6 nitrogen and oxygen atoms in total. The second kappa shape index (κ2) is 6.92. The van der Waals surface area contributed by atoms with Gasteiger partial charge in [-0.2, -0.15) is 0 Å². The zero-order valence-corrected chi connectivity index (χ0v) is 16.5. The van der Waals surface area contributed by atoms with Crippen LogP contribution in [-0.2, 0) is 12.1 Å². The van der Waals surface area contributed by atoms with Crippen LogP contribution in [0.5, 0.6) is 11.5 Å². The van der Waals surface area contributed by atoms with Gasteiger partial charge in [0.15, 0.2) is 0 Å². The molecule has 0 unspecified atom stereocenters. The Labute approximate surface area is 168 Å². The number of alkyl halides is 1. The van der Waals surface area contributed by atoms with Gasteiger partial charge in [-0.3, -0.25) is 9.78 Å². The summed E-state index contributed by atoms with van der Waals surface area (Å²) in [6, 6.07) is 9.18. The first kappa shape index (κ1) is 19.0. The quantitative estimate of drug-likeness (QED) is 0.710. The largest absolute Gasteiger partial charge is 0.496 e. The summed E-state index contributed by atoms with van der Waals surface area (Å²) < 4.78 is 27.0. The van der Waals surface area contributed by atoms with Crippen LogP contribution >= 0.6 is 0 Å². The number of para-hydroxylation sites is 1. The highest BCUT2D eigenvalue weighted by Gasteiger charge is 2.42. The van der Waals surface area contributed by atoms with E-state index < -0.39 is 18.2 Å². The molecular weight excluding hydrogens is 373 g/mol. The van der Waals surface area contributed by atoms with Crippen LogP contribution in [0.2, 0.25) is 0 Å². The summed E-state index contributed by atoms with van der Waals surface area (Å²) in [5, 5.41) is 0. The highest BCUT2D eigenvalue weighted by atomic mass is 19.1. The second-order valence-corrected chi connectivity index (χ2v) is 7.34. The average molecular weight is 395 g/mol. The molecule has 1 aliphatic heterocycles. The van der Waals surface area contributed by atoms with Crippen molar-refractivity contribution < 1.29 is 18.7 Å². The van der Waals surface area contributed by atoms with E-state index in [1.165, 1.54) is 0 Å². The Hall–Kier alpha value is -3.35. The summed E-state index contributed by atoms with van der Waals surface area (Å²) in [6.45, 7) is 3.17. The van der Waals surface area contributed by atoms with Crippen molar-refractivity contribution in [2.45, 2.75) is 26.0 Å². The van der Waals surface area contributed by atoms with Gasteiger partial charge in [0.2, 0.25) is 0 Å². The van der Waals surface area contributed by atoms with Gasteiger partial charge in [0.1, 0.15) is 29.5 Å². The van der Waals surface area contributed by atoms with Gasteiger partial charge in [-0.15, -0.1) is 0 Å². The van der Waals surface area contributed by atoms with Crippen molar-refractivity contribution in [3.8, 4) is 33.9 Å². The number of ether oxygens (including phenoxy) is 2. The minimum atomic E-state index is -0.812. The molecule has 1 amide bonds. The first-order valence-electron chi connectivity index (χ1n) is 9.30. The fraction of sp³-hybridized carbons (Fsp3) is 0.273. The van der Waals surface area contributed by atoms with E-state index >= 15 is 0 Å². The summed E-state index contributed by atoms with van der Waals surface area (Å²) in [5.74, 6) is 0.525. The van der Waals surface area contributed by atoms with Gasteiger partial charge in [-0.05, 0) is 26.0 Å². The Morgan fingerprint density at radius 3 is 2.72 bits per heavy atom. The lowest BCUT2D eigenvalue weighted by Gasteiger charge is -2.34. The van der Waals surface area contributed by atoms with Crippen molar-refractivity contribution in [2.75, 3.05) is 13.8 Å². The van der Waals surface area contributed by atoms with Gasteiger partial charge in [-0.1, -0.05) is 18.2 Å². The molecule has 3 heterocycles. The minimum absolute atomic E-state index is 0.00635. The number of aromatic nitrogens is 2. The number of fused-ring (bicyclic) bond motifs is 3. The Morgan fingerprint density at radius 1 is 1.28 bits per heavy atom. The number of carbonyl (C=O) groups excluding carboxylic acids is 1. The molecule has 0 saturated heterocycles. The molecule has 0 bridgehead atoms. The number of nitrogens with two attached hydrogens (primary N) is 1. The Kier molecular flexibility index (Phi) is 4.53. The zero-order chi connectivity index (χ0) is 20.8. The molecule has 3 aromatic rings. The summed E-state index contributed by atoms with van der Waals surface area (Å²) >= 11 is 0. The van der Waals surface area contributed by atoms with E-state index in [0.29, 0.717) is 28.3 Å². The fourth-order valence-electron chi connectivity index (χ4n) is 4.15. The van der Waals surface area contributed by atoms with E-state index in [1.54, 1.807) is 30.1 Å². The Morgan fingerprint density at radius 2 is 2.03 bits per heavy atom. The van der Waals surface area contributed by atoms with Gasteiger partial charge >= 0.3 is 0 Å². The van der Waals surface area contributed by atoms with E-state index in [1.807, 2.05) is 38.1 Å². The van der Waals surface area contributed by atoms with Crippen molar-refractivity contribution in [3.63, 3.8) is 0 Å². The molecule has 2 N–H and O–H groups in total. The smallest absolute Gasteiger partial charge is 0.266 e. The van der Waals surface area contributed by atoms with Gasteiger partial charge in [0.05, 0.1) is 25.5 Å². The highest BCUT2D eigenvalue weighted by Crippen LogP contribution is 2.52. The molecule has 2 aromatic heterocycles. The molecule has 1 aliphatic rings. The lowest BCUT2D eigenvalue weighted by atomic mass is 9.85. The van der Waals surface area contributed by atoms with E-state index in [-0.39, 0.29) is 12.2 Å². The van der Waals surface area contributed by atoms with Crippen molar-refractivity contribution in [2.24, 2.45) is 5.73 Å². The summed E-state index contributed by atoms with van der Waals surface area (Å²) in [6.07, 6.45) is 3.27. The van der Waals surface area contributed by atoms with Crippen molar-refractivity contribution in [1.29, 1.82) is 0 Å². The summed E-state index contributed by atoms with van der Waals surface area (Å²) in [5.41, 5.74) is 8.77. The number of halogens is 1. The Balaban J connectivity index is 2.20. The maximum atomic E-state index is 13.6. The number of hydrogen-bond donors (Lipinski definition) is 1. The molecule has 0 radical (unpaired) electrons. The van der Waals surface area contributed by atoms with Crippen molar-refractivity contribution >= 4 is 5.91 Å².